The molecule has 0 amide bonds. The Bertz CT molecular complexity index is 393. The van der Waals surface area contributed by atoms with Gasteiger partial charge in [-0.15, -0.1) is 11.3 Å². The quantitative estimate of drug-likeness (QED) is 0.683. The van der Waals surface area contributed by atoms with E-state index in [-0.39, 0.29) is 6.42 Å². The van der Waals surface area contributed by atoms with E-state index >= 15 is 0 Å². The van der Waals surface area contributed by atoms with Crippen molar-refractivity contribution in [2.24, 2.45) is 0 Å². The van der Waals surface area contributed by atoms with Crippen LogP contribution < -0.4 is 5.32 Å². The summed E-state index contributed by atoms with van der Waals surface area (Å²) in [5, 5.41) is 12.1. The van der Waals surface area contributed by atoms with Crippen LogP contribution >= 0.6 is 11.3 Å². The summed E-state index contributed by atoms with van der Waals surface area (Å²) in [5.41, 5.74) is 0. The van der Waals surface area contributed by atoms with Crippen molar-refractivity contribution in [1.82, 2.24) is 10.2 Å². The van der Waals surface area contributed by atoms with Gasteiger partial charge in [-0.3, -0.25) is 4.79 Å². The van der Waals surface area contributed by atoms with Crippen LogP contribution in [0.25, 0.3) is 0 Å². The number of nitrogens with zero attached hydrogens (tertiary/aromatic N) is 1. The normalized spacial score (nSPS) is 12.8. The van der Waals surface area contributed by atoms with Gasteiger partial charge in [0.1, 0.15) is 0 Å². The fourth-order valence-corrected chi connectivity index (χ4v) is 2.74. The monoisotopic (exact) mass is 284 g/mol. The first kappa shape index (κ1) is 16.1. The summed E-state index contributed by atoms with van der Waals surface area (Å²) >= 11 is 1.57. The van der Waals surface area contributed by atoms with Gasteiger partial charge in [-0.1, -0.05) is 6.92 Å². The molecule has 0 saturated heterocycles. The summed E-state index contributed by atoms with van der Waals surface area (Å²) in [6.45, 7) is 7.23. The zero-order chi connectivity index (χ0) is 14.3. The number of rotatable bonds is 9. The Morgan fingerprint density at radius 3 is 2.79 bits per heavy atom. The number of carbonyl (C=O) groups is 1. The van der Waals surface area contributed by atoms with Crippen molar-refractivity contribution in [2.75, 3.05) is 20.1 Å². The molecule has 1 atom stereocenters. The highest BCUT2D eigenvalue weighted by Gasteiger charge is 2.06. The number of nitrogens with one attached hydrogen (secondary N) is 1. The van der Waals surface area contributed by atoms with Crippen molar-refractivity contribution in [3.63, 3.8) is 0 Å². The molecule has 0 fully saturated rings. The van der Waals surface area contributed by atoms with Gasteiger partial charge in [-0.25, -0.2) is 0 Å². The number of hydrogen-bond donors (Lipinski definition) is 2. The summed E-state index contributed by atoms with van der Waals surface area (Å²) in [6.07, 6.45) is 1.29. The molecule has 19 heavy (non-hydrogen) atoms. The van der Waals surface area contributed by atoms with Gasteiger partial charge in [-0.2, -0.15) is 0 Å². The van der Waals surface area contributed by atoms with E-state index in [1.165, 1.54) is 11.3 Å². The smallest absolute Gasteiger partial charge is 0.308 e. The Morgan fingerprint density at radius 1 is 1.47 bits per heavy atom. The standard InChI is InChI=1S/C14H24N2O2S/c1-4-11(2)16(3)8-7-15-10-13-6-5-12(19-13)9-14(17)18/h5-6,11,15H,4,7-10H2,1-3H3,(H,17,18). The molecular weight excluding hydrogens is 260 g/mol. The van der Waals surface area contributed by atoms with Gasteiger partial charge < -0.3 is 15.3 Å². The first-order chi connectivity index (χ1) is 9.02. The third-order valence-electron chi connectivity index (χ3n) is 3.33. The third-order valence-corrected chi connectivity index (χ3v) is 4.41. The summed E-state index contributed by atoms with van der Waals surface area (Å²) in [4.78, 5) is 15.0. The van der Waals surface area contributed by atoms with E-state index in [9.17, 15) is 4.79 Å². The second kappa shape index (κ2) is 8.30. The third kappa shape index (κ3) is 6.18. The lowest BCUT2D eigenvalue weighted by atomic mass is 10.2. The van der Waals surface area contributed by atoms with Gasteiger partial charge in [0.25, 0.3) is 0 Å². The topological polar surface area (TPSA) is 52.6 Å². The molecule has 0 bridgehead atoms. The first-order valence-corrected chi connectivity index (χ1v) is 7.55. The summed E-state index contributed by atoms with van der Waals surface area (Å²) < 4.78 is 0. The van der Waals surface area contributed by atoms with Crippen LogP contribution in [0.1, 0.15) is 30.0 Å². The number of aliphatic carboxylic acids is 1. The molecule has 1 heterocycles. The van der Waals surface area contributed by atoms with Crippen LogP contribution in [0.5, 0.6) is 0 Å². The molecule has 2 N–H and O–H groups in total. The molecule has 0 spiro atoms. The number of carboxylic acid groups (broad SMARTS) is 1. The predicted molar refractivity (Wildman–Crippen MR) is 79.7 cm³/mol. The van der Waals surface area contributed by atoms with Crippen LogP contribution in [-0.4, -0.2) is 42.2 Å². The Morgan fingerprint density at radius 2 is 2.16 bits per heavy atom. The highest BCUT2D eigenvalue weighted by molar-refractivity contribution is 7.12. The van der Waals surface area contributed by atoms with Crippen molar-refractivity contribution in [1.29, 1.82) is 0 Å². The van der Waals surface area contributed by atoms with Crippen LogP contribution in [0.15, 0.2) is 12.1 Å². The maximum atomic E-state index is 10.6. The van der Waals surface area contributed by atoms with Crippen molar-refractivity contribution in [3.05, 3.63) is 21.9 Å². The molecule has 0 aromatic carbocycles. The molecule has 5 heteroatoms. The molecular formula is C14H24N2O2S. The lowest BCUT2D eigenvalue weighted by Crippen LogP contribution is -2.34. The molecule has 0 radical (unpaired) electrons. The van der Waals surface area contributed by atoms with Crippen molar-refractivity contribution in [3.8, 4) is 0 Å². The summed E-state index contributed by atoms with van der Waals surface area (Å²) in [6, 6.07) is 4.53. The SMILES string of the molecule is CCC(C)N(C)CCNCc1ccc(CC(=O)O)s1. The highest BCUT2D eigenvalue weighted by Crippen LogP contribution is 2.16. The molecule has 4 nitrogen and oxygen atoms in total. The van der Waals surface area contributed by atoms with E-state index in [0.29, 0.717) is 6.04 Å². The molecule has 108 valence electrons. The fourth-order valence-electron chi connectivity index (χ4n) is 1.76. The number of hydrogen-bond acceptors (Lipinski definition) is 4. The fraction of sp³-hybridized carbons (Fsp3) is 0.643. The van der Waals surface area contributed by atoms with Crippen LogP contribution in [0.3, 0.4) is 0 Å². The van der Waals surface area contributed by atoms with Gasteiger partial charge in [0, 0.05) is 35.4 Å². The van der Waals surface area contributed by atoms with Gasteiger partial charge in [0.2, 0.25) is 0 Å². The molecule has 0 aliphatic heterocycles. The minimum Gasteiger partial charge on any atom is -0.481 e. The van der Waals surface area contributed by atoms with Gasteiger partial charge in [0.05, 0.1) is 6.42 Å². The van der Waals surface area contributed by atoms with E-state index in [0.717, 1.165) is 24.5 Å². The van der Waals surface area contributed by atoms with E-state index in [2.05, 4.69) is 31.1 Å². The minimum absolute atomic E-state index is 0.126. The second-order valence-corrected chi connectivity index (χ2v) is 6.11. The van der Waals surface area contributed by atoms with Gasteiger partial charge in [0.15, 0.2) is 0 Å². The van der Waals surface area contributed by atoms with Crippen LogP contribution in [0.2, 0.25) is 0 Å². The molecule has 1 rings (SSSR count). The Kier molecular flexibility index (Phi) is 7.05. The van der Waals surface area contributed by atoms with Crippen LogP contribution in [-0.2, 0) is 17.8 Å². The van der Waals surface area contributed by atoms with Gasteiger partial charge in [-0.05, 0) is 32.5 Å². The number of likely N-dealkylation sites (N-methyl/N-ethyl adjacent to an activating group) is 1. The van der Waals surface area contributed by atoms with E-state index in [4.69, 9.17) is 5.11 Å². The molecule has 0 aliphatic carbocycles. The largest absolute Gasteiger partial charge is 0.481 e. The van der Waals surface area contributed by atoms with Crippen molar-refractivity contribution < 1.29 is 9.90 Å². The average molecular weight is 284 g/mol. The summed E-state index contributed by atoms with van der Waals surface area (Å²) in [7, 11) is 2.14. The zero-order valence-corrected chi connectivity index (χ0v) is 12.8. The zero-order valence-electron chi connectivity index (χ0n) is 12.0. The Labute approximate surface area is 119 Å². The van der Waals surface area contributed by atoms with E-state index < -0.39 is 5.97 Å². The van der Waals surface area contributed by atoms with Gasteiger partial charge >= 0.3 is 5.97 Å². The minimum atomic E-state index is -0.767. The van der Waals surface area contributed by atoms with Crippen molar-refractivity contribution in [2.45, 2.75) is 39.3 Å². The lowest BCUT2D eigenvalue weighted by molar-refractivity contribution is -0.136. The van der Waals surface area contributed by atoms with Crippen molar-refractivity contribution >= 4 is 17.3 Å². The van der Waals surface area contributed by atoms with E-state index in [1.807, 2.05) is 12.1 Å². The maximum Gasteiger partial charge on any atom is 0.308 e. The Hall–Kier alpha value is -0.910. The highest BCUT2D eigenvalue weighted by atomic mass is 32.1. The average Bonchev–Trinajstić information content (AvgIpc) is 2.80. The van der Waals surface area contributed by atoms with Crippen LogP contribution in [0, 0.1) is 0 Å². The van der Waals surface area contributed by atoms with Crippen LogP contribution in [0.4, 0.5) is 0 Å². The lowest BCUT2D eigenvalue weighted by Gasteiger charge is -2.23. The first-order valence-electron chi connectivity index (χ1n) is 6.73. The van der Waals surface area contributed by atoms with E-state index in [1.54, 1.807) is 11.3 Å². The molecule has 1 unspecified atom stereocenters. The summed E-state index contributed by atoms with van der Waals surface area (Å²) in [5.74, 6) is -0.767. The molecule has 1 aromatic rings. The predicted octanol–water partition coefficient (Wildman–Crippen LogP) is 2.20. The number of carboxylic acids is 1. The molecule has 0 saturated carbocycles. The molecule has 0 aliphatic rings. The Balaban J connectivity index is 2.22. The maximum absolute atomic E-state index is 10.6. The molecule has 1 aromatic heterocycles. The second-order valence-electron chi connectivity index (χ2n) is 4.85. The number of thiophene rings is 1.